The van der Waals surface area contributed by atoms with Crippen molar-refractivity contribution in [2.45, 2.75) is 25.1 Å². The highest BCUT2D eigenvalue weighted by molar-refractivity contribution is 6.23. The van der Waals surface area contributed by atoms with Gasteiger partial charge in [-0.3, -0.25) is 9.59 Å². The molecule has 0 bridgehead atoms. The summed E-state index contributed by atoms with van der Waals surface area (Å²) >= 11 is 0. The van der Waals surface area contributed by atoms with Gasteiger partial charge in [0.1, 0.15) is 6.04 Å². The smallest absolute Gasteiger partial charge is 0.418 e. The predicted molar refractivity (Wildman–Crippen MR) is 91.1 cm³/mol. The summed E-state index contributed by atoms with van der Waals surface area (Å²) in [4.78, 5) is 36.0. The van der Waals surface area contributed by atoms with Crippen molar-refractivity contribution in [3.05, 3.63) is 59.7 Å². The molecular formula is C19H14F3N2O4-. The number of carboxylic acids is 1. The lowest BCUT2D eigenvalue weighted by Gasteiger charge is -2.20. The Balaban J connectivity index is 1.80. The van der Waals surface area contributed by atoms with E-state index in [0.29, 0.717) is 16.2 Å². The Morgan fingerprint density at radius 3 is 2.36 bits per heavy atom. The minimum atomic E-state index is -4.71. The van der Waals surface area contributed by atoms with E-state index in [0.717, 1.165) is 12.1 Å². The second-order valence-corrected chi connectivity index (χ2v) is 6.23. The second kappa shape index (κ2) is 7.34. The van der Waals surface area contributed by atoms with E-state index in [4.69, 9.17) is 0 Å². The Bertz CT molecular complexity index is 926. The van der Waals surface area contributed by atoms with E-state index in [2.05, 4.69) is 5.32 Å². The molecular weight excluding hydrogens is 377 g/mol. The predicted octanol–water partition coefficient (Wildman–Crippen LogP) is 1.74. The van der Waals surface area contributed by atoms with Crippen molar-refractivity contribution in [2.75, 3.05) is 10.2 Å². The molecule has 2 amide bonds. The number of para-hydroxylation sites is 1. The normalized spacial score (nSPS) is 17.1. The number of imide groups is 1. The number of alkyl halides is 3. The molecule has 0 spiro atoms. The van der Waals surface area contributed by atoms with Gasteiger partial charge in [0.2, 0.25) is 5.91 Å². The molecule has 0 aliphatic carbocycles. The van der Waals surface area contributed by atoms with Crippen LogP contribution in [0.3, 0.4) is 0 Å². The molecule has 1 fully saturated rings. The molecule has 2 aromatic rings. The zero-order chi connectivity index (χ0) is 20.5. The monoisotopic (exact) mass is 391 g/mol. The summed E-state index contributed by atoms with van der Waals surface area (Å²) in [5, 5.41) is 13.4. The van der Waals surface area contributed by atoms with Crippen LogP contribution >= 0.6 is 0 Å². The number of carbonyl (C=O) groups excluding carboxylic acids is 3. The van der Waals surface area contributed by atoms with Crippen molar-refractivity contribution in [2.24, 2.45) is 0 Å². The lowest BCUT2D eigenvalue weighted by Crippen LogP contribution is -2.36. The van der Waals surface area contributed by atoms with Crippen LogP contribution in [0, 0.1) is 0 Å². The molecule has 1 saturated heterocycles. The van der Waals surface area contributed by atoms with Gasteiger partial charge in [-0.2, -0.15) is 13.2 Å². The Kier molecular flexibility index (Phi) is 5.08. The Hall–Kier alpha value is -3.36. The fourth-order valence-corrected chi connectivity index (χ4v) is 2.99. The van der Waals surface area contributed by atoms with Gasteiger partial charge in [0.15, 0.2) is 0 Å². The number of nitrogens with zero attached hydrogens (tertiary/aromatic N) is 1. The largest absolute Gasteiger partial charge is 0.550 e. The van der Waals surface area contributed by atoms with E-state index in [9.17, 15) is 32.7 Å². The van der Waals surface area contributed by atoms with Crippen molar-refractivity contribution in [1.29, 1.82) is 0 Å². The highest BCUT2D eigenvalue weighted by Gasteiger charge is 2.44. The molecule has 0 unspecified atom stereocenters. The topological polar surface area (TPSA) is 89.5 Å². The quantitative estimate of drug-likeness (QED) is 0.785. The van der Waals surface area contributed by atoms with Crippen LogP contribution in [0.5, 0.6) is 0 Å². The lowest BCUT2D eigenvalue weighted by molar-refractivity contribution is -0.304. The SMILES string of the molecule is O=C([O-])Cc1ccc(N[C@@H]2CC(=O)N(c3ccccc3C(F)(F)F)C2=O)cc1. The molecule has 1 atom stereocenters. The molecule has 6 nitrogen and oxygen atoms in total. The van der Waals surface area contributed by atoms with Crippen molar-refractivity contribution >= 4 is 29.2 Å². The number of hydrogen-bond acceptors (Lipinski definition) is 5. The van der Waals surface area contributed by atoms with Crippen LogP contribution in [0.2, 0.25) is 0 Å². The first-order valence-corrected chi connectivity index (χ1v) is 8.25. The summed E-state index contributed by atoms with van der Waals surface area (Å²) in [6, 6.07) is 9.42. The maximum Gasteiger partial charge on any atom is 0.418 e. The maximum atomic E-state index is 13.2. The van der Waals surface area contributed by atoms with E-state index in [1.807, 2.05) is 0 Å². The molecule has 28 heavy (non-hydrogen) atoms. The second-order valence-electron chi connectivity index (χ2n) is 6.23. The fraction of sp³-hybridized carbons (Fsp3) is 0.211. The summed E-state index contributed by atoms with van der Waals surface area (Å²) in [6.45, 7) is 0. The lowest BCUT2D eigenvalue weighted by atomic mass is 10.1. The van der Waals surface area contributed by atoms with Gasteiger partial charge in [0.25, 0.3) is 5.91 Å². The van der Waals surface area contributed by atoms with E-state index >= 15 is 0 Å². The molecule has 9 heteroatoms. The zero-order valence-electron chi connectivity index (χ0n) is 14.3. The Labute approximate surface area is 157 Å². The Morgan fingerprint density at radius 1 is 1.11 bits per heavy atom. The molecule has 1 aliphatic heterocycles. The average Bonchev–Trinajstić information content (AvgIpc) is 2.89. The minimum absolute atomic E-state index is 0.275. The summed E-state index contributed by atoms with van der Waals surface area (Å²) in [5.41, 5.74) is -0.651. The van der Waals surface area contributed by atoms with Crippen LogP contribution in [-0.2, 0) is 27.0 Å². The Morgan fingerprint density at radius 2 is 1.75 bits per heavy atom. The number of rotatable bonds is 5. The number of benzene rings is 2. The maximum absolute atomic E-state index is 13.2. The molecule has 0 radical (unpaired) electrons. The van der Waals surface area contributed by atoms with Gasteiger partial charge in [0, 0.05) is 18.1 Å². The summed E-state index contributed by atoms with van der Waals surface area (Å²) in [7, 11) is 0. The van der Waals surface area contributed by atoms with Crippen molar-refractivity contribution < 1.29 is 32.7 Å². The highest BCUT2D eigenvalue weighted by atomic mass is 19.4. The number of hydrogen-bond donors (Lipinski definition) is 1. The van der Waals surface area contributed by atoms with Crippen molar-refractivity contribution in [1.82, 2.24) is 0 Å². The summed E-state index contributed by atoms with van der Waals surface area (Å²) < 4.78 is 39.7. The number of anilines is 2. The number of halogens is 3. The van der Waals surface area contributed by atoms with E-state index in [1.54, 1.807) is 0 Å². The first-order chi connectivity index (χ1) is 13.2. The zero-order valence-corrected chi connectivity index (χ0v) is 14.3. The molecule has 0 saturated carbocycles. The van der Waals surface area contributed by atoms with Crippen LogP contribution in [0.25, 0.3) is 0 Å². The van der Waals surface area contributed by atoms with Crippen molar-refractivity contribution in [3.8, 4) is 0 Å². The fourth-order valence-electron chi connectivity index (χ4n) is 2.99. The van der Waals surface area contributed by atoms with E-state index in [1.165, 1.54) is 36.4 Å². The van der Waals surface area contributed by atoms with Crippen LogP contribution in [0.4, 0.5) is 24.5 Å². The summed E-state index contributed by atoms with van der Waals surface area (Å²) in [5.74, 6) is -2.77. The van der Waals surface area contributed by atoms with Gasteiger partial charge in [0.05, 0.1) is 17.7 Å². The van der Waals surface area contributed by atoms with E-state index < -0.39 is 41.3 Å². The third kappa shape index (κ3) is 3.98. The highest BCUT2D eigenvalue weighted by Crippen LogP contribution is 2.38. The summed E-state index contributed by atoms with van der Waals surface area (Å²) in [6.07, 6.45) is -5.29. The first-order valence-electron chi connectivity index (χ1n) is 8.25. The number of amides is 2. The van der Waals surface area contributed by atoms with Gasteiger partial charge in [-0.25, -0.2) is 4.90 Å². The molecule has 1 aliphatic rings. The molecule has 2 aromatic carbocycles. The van der Waals surface area contributed by atoms with Crippen LogP contribution in [0.1, 0.15) is 17.5 Å². The van der Waals surface area contributed by atoms with Crippen LogP contribution < -0.4 is 15.3 Å². The molecule has 0 aromatic heterocycles. The first kappa shape index (κ1) is 19.4. The third-order valence-corrected chi connectivity index (χ3v) is 4.24. The molecule has 146 valence electrons. The third-order valence-electron chi connectivity index (χ3n) is 4.24. The van der Waals surface area contributed by atoms with E-state index in [-0.39, 0.29) is 12.8 Å². The molecule has 1 heterocycles. The average molecular weight is 391 g/mol. The van der Waals surface area contributed by atoms with Gasteiger partial charge < -0.3 is 15.2 Å². The number of nitrogens with one attached hydrogen (secondary N) is 1. The number of carboxylic acid groups (broad SMARTS) is 1. The minimum Gasteiger partial charge on any atom is -0.550 e. The number of carbonyl (C=O) groups is 3. The van der Waals surface area contributed by atoms with Gasteiger partial charge >= 0.3 is 6.18 Å². The van der Waals surface area contributed by atoms with Gasteiger partial charge in [-0.05, 0) is 29.8 Å². The van der Waals surface area contributed by atoms with Crippen LogP contribution in [0.15, 0.2) is 48.5 Å². The molecule has 1 N–H and O–H groups in total. The van der Waals surface area contributed by atoms with Gasteiger partial charge in [-0.1, -0.05) is 24.3 Å². The molecule has 3 rings (SSSR count). The number of aliphatic carboxylic acids is 1. The van der Waals surface area contributed by atoms with Crippen molar-refractivity contribution in [3.63, 3.8) is 0 Å². The van der Waals surface area contributed by atoms with Crippen LogP contribution in [-0.4, -0.2) is 23.8 Å². The standard InChI is InChI=1S/C19H15F3N2O4/c20-19(21,22)13-3-1-2-4-15(13)24-16(25)10-14(18(24)28)23-12-7-5-11(6-8-12)9-17(26)27/h1-8,14,23H,9-10H2,(H,26,27)/p-1/t14-/m1/s1. The van der Waals surface area contributed by atoms with Gasteiger partial charge in [-0.15, -0.1) is 0 Å².